The summed E-state index contributed by atoms with van der Waals surface area (Å²) in [5.41, 5.74) is 0.909. The predicted molar refractivity (Wildman–Crippen MR) is 140 cm³/mol. The van der Waals surface area contributed by atoms with Crippen LogP contribution in [0.5, 0.6) is 0 Å². The van der Waals surface area contributed by atoms with Gasteiger partial charge in [0.15, 0.2) is 0 Å². The van der Waals surface area contributed by atoms with Crippen molar-refractivity contribution in [1.82, 2.24) is 25.0 Å². The molecule has 3 aliphatic heterocycles. The summed E-state index contributed by atoms with van der Waals surface area (Å²) in [4.78, 5) is 49.2. The molecular formula is C27H26ClF3N6O3. The molecule has 40 heavy (non-hydrogen) atoms. The number of anilines is 1. The number of hydrogen-bond acceptors (Lipinski definition) is 5. The van der Waals surface area contributed by atoms with Crippen molar-refractivity contribution in [3.63, 3.8) is 0 Å². The molecule has 1 unspecified atom stereocenters. The number of nitrogens with one attached hydrogen (secondary N) is 1. The van der Waals surface area contributed by atoms with Crippen LogP contribution in [0.1, 0.15) is 48.2 Å². The number of carbonyl (C=O) groups is 3. The average Bonchev–Trinajstić information content (AvgIpc) is 3.65. The molecule has 13 heteroatoms. The number of carbonyl (C=O) groups excluding carboxylic acids is 3. The van der Waals surface area contributed by atoms with E-state index in [0.717, 1.165) is 6.07 Å². The second-order valence-corrected chi connectivity index (χ2v) is 10.9. The summed E-state index contributed by atoms with van der Waals surface area (Å²) in [7, 11) is 0. The predicted octanol–water partition coefficient (Wildman–Crippen LogP) is 3.92. The topological polar surface area (TPSA) is 102 Å². The van der Waals surface area contributed by atoms with E-state index < -0.39 is 41.9 Å². The summed E-state index contributed by atoms with van der Waals surface area (Å²) in [6.07, 6.45) is 0.00428. The van der Waals surface area contributed by atoms with Crippen LogP contribution >= 0.6 is 11.6 Å². The van der Waals surface area contributed by atoms with E-state index in [1.54, 1.807) is 17.0 Å². The molecule has 5 heterocycles. The van der Waals surface area contributed by atoms with E-state index in [9.17, 15) is 27.6 Å². The number of H-pyrrole nitrogens is 1. The first-order chi connectivity index (χ1) is 19.2. The molecule has 3 aliphatic rings. The largest absolute Gasteiger partial charge is 0.338 e. The summed E-state index contributed by atoms with van der Waals surface area (Å²) in [5, 5.41) is 6.51. The van der Waals surface area contributed by atoms with Crippen molar-refractivity contribution in [2.24, 2.45) is 0 Å². The number of pyridine rings is 1. The number of likely N-dealkylation sites (tertiary alicyclic amines) is 2. The number of alkyl halides is 2. The van der Waals surface area contributed by atoms with Gasteiger partial charge in [-0.05, 0) is 49.9 Å². The van der Waals surface area contributed by atoms with Crippen molar-refractivity contribution < 1.29 is 27.6 Å². The van der Waals surface area contributed by atoms with Gasteiger partial charge in [0.1, 0.15) is 23.6 Å². The van der Waals surface area contributed by atoms with E-state index in [0.29, 0.717) is 41.7 Å². The SMILES string of the molecule is O=C(c1ccc2[nH]ncc2n1)N1CCC2(CC1)C(=O)N(CC(=O)N1CCCC1CC(F)F)c1ccc(F)c(Cl)c12. The standard InChI is InChI=1S/C27H26ClF3N6O3/c28-24-16(29)3-6-20-23(24)27(26(40)37(20)14-22(38)36-9-1-2-15(36)12-21(30)31)7-10-35(11-8-27)25(39)18-5-4-17-19(33-18)13-32-34-17/h3-6,13,15,21H,1-2,7-12,14H2,(H,32,34). The number of rotatable bonds is 5. The minimum absolute atomic E-state index is 0.171. The van der Waals surface area contributed by atoms with Crippen LogP contribution in [0.3, 0.4) is 0 Å². The van der Waals surface area contributed by atoms with Gasteiger partial charge in [-0.15, -0.1) is 0 Å². The van der Waals surface area contributed by atoms with Gasteiger partial charge in [0.05, 0.1) is 27.8 Å². The summed E-state index contributed by atoms with van der Waals surface area (Å²) >= 11 is 6.44. The summed E-state index contributed by atoms with van der Waals surface area (Å²) in [6.45, 7) is 0.362. The second kappa shape index (κ2) is 10.1. The molecule has 1 spiro atoms. The third-order valence-electron chi connectivity index (χ3n) is 8.36. The molecule has 3 aromatic rings. The Morgan fingerprint density at radius 3 is 2.67 bits per heavy atom. The highest BCUT2D eigenvalue weighted by atomic mass is 35.5. The van der Waals surface area contributed by atoms with E-state index in [-0.39, 0.29) is 49.1 Å². The zero-order valence-corrected chi connectivity index (χ0v) is 22.1. The van der Waals surface area contributed by atoms with Gasteiger partial charge in [0.25, 0.3) is 5.91 Å². The highest BCUT2D eigenvalue weighted by Crippen LogP contribution is 2.51. The van der Waals surface area contributed by atoms with Gasteiger partial charge in [-0.2, -0.15) is 5.10 Å². The van der Waals surface area contributed by atoms with Crippen molar-refractivity contribution in [2.45, 2.75) is 50.0 Å². The molecule has 0 saturated carbocycles. The third kappa shape index (κ3) is 4.29. The van der Waals surface area contributed by atoms with E-state index in [1.165, 1.54) is 22.1 Å². The molecule has 210 valence electrons. The number of amides is 3. The average molecular weight is 575 g/mol. The van der Waals surface area contributed by atoms with Gasteiger partial charge in [0.2, 0.25) is 18.2 Å². The lowest BCUT2D eigenvalue weighted by Gasteiger charge is -2.38. The van der Waals surface area contributed by atoms with Crippen LogP contribution in [0.25, 0.3) is 11.0 Å². The molecule has 1 atom stereocenters. The quantitative estimate of drug-likeness (QED) is 0.498. The lowest BCUT2D eigenvalue weighted by Crippen LogP contribution is -2.52. The Morgan fingerprint density at radius 2 is 1.93 bits per heavy atom. The number of benzene rings is 1. The molecule has 2 fully saturated rings. The Morgan fingerprint density at radius 1 is 1.15 bits per heavy atom. The molecule has 6 rings (SSSR count). The smallest absolute Gasteiger partial charge is 0.272 e. The van der Waals surface area contributed by atoms with Gasteiger partial charge in [0, 0.05) is 37.7 Å². The number of fused-ring (bicyclic) bond motifs is 3. The summed E-state index contributed by atoms with van der Waals surface area (Å²) in [5.74, 6) is -1.83. The van der Waals surface area contributed by atoms with E-state index in [2.05, 4.69) is 15.2 Å². The van der Waals surface area contributed by atoms with Crippen LogP contribution in [0.4, 0.5) is 18.9 Å². The molecular weight excluding hydrogens is 549 g/mol. The maximum atomic E-state index is 14.7. The van der Waals surface area contributed by atoms with Crippen LogP contribution < -0.4 is 4.90 Å². The lowest BCUT2D eigenvalue weighted by molar-refractivity contribution is -0.133. The first-order valence-electron chi connectivity index (χ1n) is 13.2. The molecule has 9 nitrogen and oxygen atoms in total. The Balaban J connectivity index is 1.25. The van der Waals surface area contributed by atoms with Crippen molar-refractivity contribution in [3.8, 4) is 0 Å². The molecule has 0 radical (unpaired) electrons. The minimum Gasteiger partial charge on any atom is -0.338 e. The van der Waals surface area contributed by atoms with Gasteiger partial charge < -0.3 is 14.7 Å². The fourth-order valence-corrected chi connectivity index (χ4v) is 6.70. The zero-order valence-electron chi connectivity index (χ0n) is 21.4. The molecule has 3 amide bonds. The Bertz CT molecular complexity index is 1510. The monoisotopic (exact) mass is 574 g/mol. The number of aromatic nitrogens is 3. The number of piperidine rings is 1. The van der Waals surface area contributed by atoms with Gasteiger partial charge in [-0.3, -0.25) is 19.5 Å². The van der Waals surface area contributed by atoms with Gasteiger partial charge >= 0.3 is 0 Å². The fraction of sp³-hybridized carbons (Fsp3) is 0.444. The van der Waals surface area contributed by atoms with Gasteiger partial charge in [-0.25, -0.2) is 18.2 Å². The lowest BCUT2D eigenvalue weighted by atomic mass is 9.73. The normalized spacial score (nSPS) is 20.3. The van der Waals surface area contributed by atoms with E-state index in [4.69, 9.17) is 11.6 Å². The zero-order chi connectivity index (χ0) is 28.2. The second-order valence-electron chi connectivity index (χ2n) is 10.5. The first kappa shape index (κ1) is 26.5. The third-order valence-corrected chi connectivity index (χ3v) is 8.73. The van der Waals surface area contributed by atoms with Crippen molar-refractivity contribution >= 4 is 46.0 Å². The molecule has 1 N–H and O–H groups in total. The molecule has 2 saturated heterocycles. The van der Waals surface area contributed by atoms with Crippen LogP contribution in [0.2, 0.25) is 5.02 Å². The molecule has 0 aliphatic carbocycles. The van der Waals surface area contributed by atoms with Crippen LogP contribution in [-0.2, 0) is 15.0 Å². The Kier molecular flexibility index (Phi) is 6.68. The minimum atomic E-state index is -2.54. The fourth-order valence-electron chi connectivity index (χ4n) is 6.36. The first-order valence-corrected chi connectivity index (χ1v) is 13.5. The Labute approximate surface area is 232 Å². The maximum Gasteiger partial charge on any atom is 0.272 e. The van der Waals surface area contributed by atoms with Crippen LogP contribution in [-0.4, -0.2) is 81.3 Å². The number of nitrogens with zero attached hydrogens (tertiary/aromatic N) is 5. The number of halogens is 4. The molecule has 1 aromatic carbocycles. The summed E-state index contributed by atoms with van der Waals surface area (Å²) in [6, 6.07) is 5.31. The molecule has 0 bridgehead atoms. The number of hydrogen-bond donors (Lipinski definition) is 1. The van der Waals surface area contributed by atoms with E-state index >= 15 is 0 Å². The van der Waals surface area contributed by atoms with Crippen LogP contribution in [0.15, 0.2) is 30.5 Å². The van der Waals surface area contributed by atoms with E-state index in [1.807, 2.05) is 0 Å². The van der Waals surface area contributed by atoms with Crippen molar-refractivity contribution in [3.05, 3.63) is 52.6 Å². The highest BCUT2D eigenvalue weighted by Gasteiger charge is 2.54. The maximum absolute atomic E-state index is 14.7. The number of aromatic amines is 1. The molecule has 2 aromatic heterocycles. The summed E-state index contributed by atoms with van der Waals surface area (Å²) < 4.78 is 40.8. The highest BCUT2D eigenvalue weighted by molar-refractivity contribution is 6.33. The van der Waals surface area contributed by atoms with Crippen molar-refractivity contribution in [2.75, 3.05) is 31.1 Å². The van der Waals surface area contributed by atoms with Gasteiger partial charge in [-0.1, -0.05) is 11.6 Å². The Hall–Kier alpha value is -3.67. The van der Waals surface area contributed by atoms with Crippen molar-refractivity contribution in [1.29, 1.82) is 0 Å². The van der Waals surface area contributed by atoms with Crippen LogP contribution in [0, 0.1) is 5.82 Å².